The summed E-state index contributed by atoms with van der Waals surface area (Å²) in [6.07, 6.45) is 1.70. The number of rotatable bonds is 4. The Bertz CT molecular complexity index is 692. The Morgan fingerprint density at radius 3 is 2.48 bits per heavy atom. The summed E-state index contributed by atoms with van der Waals surface area (Å²) in [6, 6.07) is 7.73. The SMILES string of the molecule is COc1ccc(C(C#N)c2nc(C)cnc2C)cc1OC. The molecule has 2 rings (SSSR count). The molecule has 1 atom stereocenters. The molecule has 0 saturated heterocycles. The van der Waals surface area contributed by atoms with Crippen molar-refractivity contribution in [1.82, 2.24) is 9.97 Å². The van der Waals surface area contributed by atoms with Crippen molar-refractivity contribution >= 4 is 0 Å². The van der Waals surface area contributed by atoms with Crippen LogP contribution in [0.4, 0.5) is 0 Å². The van der Waals surface area contributed by atoms with Gasteiger partial charge in [0.1, 0.15) is 5.92 Å². The first-order chi connectivity index (χ1) is 10.1. The largest absolute Gasteiger partial charge is 0.493 e. The van der Waals surface area contributed by atoms with Crippen molar-refractivity contribution in [2.24, 2.45) is 0 Å². The van der Waals surface area contributed by atoms with Crippen molar-refractivity contribution in [3.8, 4) is 17.6 Å². The van der Waals surface area contributed by atoms with Crippen LogP contribution in [0.15, 0.2) is 24.4 Å². The highest BCUT2D eigenvalue weighted by atomic mass is 16.5. The summed E-state index contributed by atoms with van der Waals surface area (Å²) < 4.78 is 10.5. The van der Waals surface area contributed by atoms with Crippen LogP contribution in [-0.4, -0.2) is 24.2 Å². The first-order valence-corrected chi connectivity index (χ1v) is 6.52. The summed E-state index contributed by atoms with van der Waals surface area (Å²) in [5.74, 6) is 0.732. The van der Waals surface area contributed by atoms with Gasteiger partial charge in [-0.2, -0.15) is 5.26 Å². The number of aromatic nitrogens is 2. The van der Waals surface area contributed by atoms with Crippen LogP contribution in [0.5, 0.6) is 11.5 Å². The van der Waals surface area contributed by atoms with E-state index in [0.717, 1.165) is 17.0 Å². The van der Waals surface area contributed by atoms with E-state index in [1.165, 1.54) is 0 Å². The molecular formula is C16H17N3O2. The Labute approximate surface area is 124 Å². The van der Waals surface area contributed by atoms with Gasteiger partial charge in [0, 0.05) is 6.20 Å². The summed E-state index contributed by atoms with van der Waals surface area (Å²) in [4.78, 5) is 8.74. The van der Waals surface area contributed by atoms with E-state index >= 15 is 0 Å². The Morgan fingerprint density at radius 1 is 1.14 bits per heavy atom. The van der Waals surface area contributed by atoms with E-state index in [4.69, 9.17) is 9.47 Å². The highest BCUT2D eigenvalue weighted by Crippen LogP contribution is 2.33. The molecule has 5 nitrogen and oxygen atoms in total. The first-order valence-electron chi connectivity index (χ1n) is 6.52. The molecule has 1 heterocycles. The van der Waals surface area contributed by atoms with Crippen molar-refractivity contribution in [2.45, 2.75) is 19.8 Å². The van der Waals surface area contributed by atoms with Gasteiger partial charge in [0.15, 0.2) is 11.5 Å². The zero-order chi connectivity index (χ0) is 15.4. The van der Waals surface area contributed by atoms with E-state index < -0.39 is 5.92 Å². The highest BCUT2D eigenvalue weighted by Gasteiger charge is 2.20. The molecule has 0 aliphatic carbocycles. The van der Waals surface area contributed by atoms with Crippen molar-refractivity contribution in [3.63, 3.8) is 0 Å². The molecule has 21 heavy (non-hydrogen) atoms. The van der Waals surface area contributed by atoms with E-state index in [0.29, 0.717) is 17.2 Å². The monoisotopic (exact) mass is 283 g/mol. The average molecular weight is 283 g/mol. The number of nitrogens with zero attached hydrogens (tertiary/aromatic N) is 3. The topological polar surface area (TPSA) is 68.0 Å². The minimum atomic E-state index is -0.489. The third kappa shape index (κ3) is 2.95. The molecule has 0 radical (unpaired) electrons. The maximum absolute atomic E-state index is 9.55. The minimum Gasteiger partial charge on any atom is -0.493 e. The van der Waals surface area contributed by atoms with Crippen LogP contribution in [0.25, 0.3) is 0 Å². The third-order valence-corrected chi connectivity index (χ3v) is 3.26. The van der Waals surface area contributed by atoms with E-state index in [1.807, 2.05) is 19.9 Å². The molecule has 5 heteroatoms. The van der Waals surface area contributed by atoms with Crippen LogP contribution in [0, 0.1) is 25.2 Å². The Kier molecular flexibility index (Phi) is 4.39. The molecule has 0 fully saturated rings. The van der Waals surface area contributed by atoms with Crippen LogP contribution < -0.4 is 9.47 Å². The molecular weight excluding hydrogens is 266 g/mol. The van der Waals surface area contributed by atoms with Crippen molar-refractivity contribution in [2.75, 3.05) is 14.2 Å². The number of nitriles is 1. The molecule has 0 aliphatic rings. The molecule has 0 bridgehead atoms. The summed E-state index contributed by atoms with van der Waals surface area (Å²) >= 11 is 0. The Morgan fingerprint density at radius 2 is 1.86 bits per heavy atom. The summed E-state index contributed by atoms with van der Waals surface area (Å²) in [7, 11) is 3.15. The van der Waals surface area contributed by atoms with Crippen LogP contribution >= 0.6 is 0 Å². The van der Waals surface area contributed by atoms with Crippen LogP contribution in [-0.2, 0) is 0 Å². The number of aryl methyl sites for hydroxylation is 2. The number of hydrogen-bond donors (Lipinski definition) is 0. The highest BCUT2D eigenvalue weighted by molar-refractivity contribution is 5.47. The first kappa shape index (κ1) is 14.8. The van der Waals surface area contributed by atoms with E-state index in [2.05, 4.69) is 16.0 Å². The van der Waals surface area contributed by atoms with Crippen LogP contribution in [0.3, 0.4) is 0 Å². The van der Waals surface area contributed by atoms with Gasteiger partial charge in [-0.15, -0.1) is 0 Å². The second-order valence-electron chi connectivity index (χ2n) is 4.66. The second-order valence-corrected chi connectivity index (χ2v) is 4.66. The normalized spacial score (nSPS) is 11.6. The predicted molar refractivity (Wildman–Crippen MR) is 78.5 cm³/mol. The fourth-order valence-electron chi connectivity index (χ4n) is 2.16. The van der Waals surface area contributed by atoms with Gasteiger partial charge in [-0.05, 0) is 31.5 Å². The third-order valence-electron chi connectivity index (χ3n) is 3.26. The molecule has 1 unspecified atom stereocenters. The van der Waals surface area contributed by atoms with Gasteiger partial charge >= 0.3 is 0 Å². The minimum absolute atomic E-state index is 0.489. The maximum Gasteiger partial charge on any atom is 0.161 e. The van der Waals surface area contributed by atoms with Gasteiger partial charge in [-0.3, -0.25) is 9.97 Å². The van der Waals surface area contributed by atoms with Crippen molar-refractivity contribution in [3.05, 3.63) is 47.0 Å². The number of hydrogen-bond acceptors (Lipinski definition) is 5. The number of benzene rings is 1. The number of methoxy groups -OCH3 is 2. The average Bonchev–Trinajstić information content (AvgIpc) is 2.51. The molecule has 2 aromatic rings. The molecule has 108 valence electrons. The van der Waals surface area contributed by atoms with E-state index in [1.54, 1.807) is 32.5 Å². The molecule has 1 aromatic carbocycles. The van der Waals surface area contributed by atoms with Gasteiger partial charge in [0.2, 0.25) is 0 Å². The smallest absolute Gasteiger partial charge is 0.161 e. The fourth-order valence-corrected chi connectivity index (χ4v) is 2.16. The van der Waals surface area contributed by atoms with Gasteiger partial charge in [0.05, 0.1) is 37.4 Å². The molecule has 0 amide bonds. The fraction of sp³-hybridized carbons (Fsp3) is 0.312. The molecule has 0 N–H and O–H groups in total. The lowest BCUT2D eigenvalue weighted by Gasteiger charge is -2.14. The van der Waals surface area contributed by atoms with E-state index in [-0.39, 0.29) is 0 Å². The van der Waals surface area contributed by atoms with E-state index in [9.17, 15) is 5.26 Å². The zero-order valence-corrected chi connectivity index (χ0v) is 12.5. The Hall–Kier alpha value is -2.61. The molecule has 0 saturated carbocycles. The van der Waals surface area contributed by atoms with Crippen molar-refractivity contribution in [1.29, 1.82) is 5.26 Å². The lowest BCUT2D eigenvalue weighted by molar-refractivity contribution is 0.354. The lowest BCUT2D eigenvalue weighted by Crippen LogP contribution is -2.07. The predicted octanol–water partition coefficient (Wildman–Crippen LogP) is 2.77. The van der Waals surface area contributed by atoms with Gasteiger partial charge < -0.3 is 9.47 Å². The number of ether oxygens (including phenoxy) is 2. The van der Waals surface area contributed by atoms with Crippen LogP contribution in [0.2, 0.25) is 0 Å². The second kappa shape index (κ2) is 6.23. The van der Waals surface area contributed by atoms with Gasteiger partial charge in [0.25, 0.3) is 0 Å². The molecule has 0 spiro atoms. The quantitative estimate of drug-likeness (QED) is 0.863. The summed E-state index contributed by atoms with van der Waals surface area (Å²) in [5.41, 5.74) is 3.01. The summed E-state index contributed by atoms with van der Waals surface area (Å²) in [6.45, 7) is 3.71. The maximum atomic E-state index is 9.55. The Balaban J connectivity index is 2.52. The van der Waals surface area contributed by atoms with Crippen LogP contribution in [0.1, 0.15) is 28.6 Å². The molecule has 1 aromatic heterocycles. The van der Waals surface area contributed by atoms with Gasteiger partial charge in [-0.25, -0.2) is 0 Å². The summed E-state index contributed by atoms with van der Waals surface area (Å²) in [5, 5.41) is 9.55. The molecule has 0 aliphatic heterocycles. The van der Waals surface area contributed by atoms with Crippen molar-refractivity contribution < 1.29 is 9.47 Å². The standard InChI is InChI=1S/C16H17N3O2/c1-10-9-18-11(2)16(19-10)13(8-17)12-5-6-14(20-3)15(7-12)21-4/h5-7,9,13H,1-4H3. The lowest BCUT2D eigenvalue weighted by atomic mass is 9.95. The zero-order valence-electron chi connectivity index (χ0n) is 12.5. The van der Waals surface area contributed by atoms with Gasteiger partial charge in [-0.1, -0.05) is 6.07 Å².